The molecule has 3 nitrogen and oxygen atoms in total. The van der Waals surface area contributed by atoms with E-state index in [-0.39, 0.29) is 0 Å². The van der Waals surface area contributed by atoms with E-state index in [9.17, 15) is 13.2 Å². The van der Waals surface area contributed by atoms with Gasteiger partial charge in [-0.1, -0.05) is 6.07 Å². The van der Waals surface area contributed by atoms with Gasteiger partial charge in [0.15, 0.2) is 0 Å². The summed E-state index contributed by atoms with van der Waals surface area (Å²) in [6, 6.07) is 5.87. The first-order valence-electron chi connectivity index (χ1n) is 6.41. The van der Waals surface area contributed by atoms with Crippen LogP contribution >= 0.6 is 15.9 Å². The number of nitrogens with two attached hydrogens (primary N) is 1. The molecule has 1 saturated heterocycles. The Morgan fingerprint density at radius 1 is 1.15 bits per heavy atom. The number of hydrogen-bond acceptors (Lipinski definition) is 3. The first-order valence-corrected chi connectivity index (χ1v) is 7.21. The molecule has 1 heterocycles. The number of piperazine rings is 1. The van der Waals surface area contributed by atoms with Crippen LogP contribution in [0.4, 0.5) is 18.9 Å². The van der Waals surface area contributed by atoms with Gasteiger partial charge in [-0.05, 0) is 33.6 Å². The molecule has 1 aliphatic heterocycles. The Hall–Kier alpha value is -0.790. The molecular weight excluding hydrogens is 335 g/mol. The zero-order valence-corrected chi connectivity index (χ0v) is 12.5. The van der Waals surface area contributed by atoms with Crippen LogP contribution in [0.25, 0.3) is 0 Å². The van der Waals surface area contributed by atoms with Crippen LogP contribution in [0.1, 0.15) is 5.56 Å². The van der Waals surface area contributed by atoms with Crippen molar-refractivity contribution < 1.29 is 13.2 Å². The number of benzene rings is 1. The largest absolute Gasteiger partial charge is 0.401 e. The van der Waals surface area contributed by atoms with Crippen molar-refractivity contribution in [3.8, 4) is 0 Å². The van der Waals surface area contributed by atoms with Crippen molar-refractivity contribution in [3.63, 3.8) is 0 Å². The van der Waals surface area contributed by atoms with Gasteiger partial charge in [-0.15, -0.1) is 0 Å². The van der Waals surface area contributed by atoms with Gasteiger partial charge in [-0.2, -0.15) is 13.2 Å². The molecule has 0 spiro atoms. The van der Waals surface area contributed by atoms with Crippen LogP contribution in [0.2, 0.25) is 0 Å². The SMILES string of the molecule is NCc1ccc(N2CCN(CC(F)(F)F)CC2)c(Br)c1. The molecule has 1 aromatic carbocycles. The molecule has 1 aliphatic rings. The highest BCUT2D eigenvalue weighted by Crippen LogP contribution is 2.28. The van der Waals surface area contributed by atoms with E-state index in [0.717, 1.165) is 15.7 Å². The second kappa shape index (κ2) is 6.32. The maximum atomic E-state index is 12.3. The van der Waals surface area contributed by atoms with E-state index in [2.05, 4.69) is 20.8 Å². The fourth-order valence-electron chi connectivity index (χ4n) is 2.33. The van der Waals surface area contributed by atoms with Gasteiger partial charge in [0.1, 0.15) is 0 Å². The quantitative estimate of drug-likeness (QED) is 0.908. The molecule has 0 unspecified atom stereocenters. The maximum absolute atomic E-state index is 12.3. The molecule has 0 aliphatic carbocycles. The fraction of sp³-hybridized carbons (Fsp3) is 0.538. The lowest BCUT2D eigenvalue weighted by molar-refractivity contribution is -0.146. The van der Waals surface area contributed by atoms with Gasteiger partial charge in [0.05, 0.1) is 12.2 Å². The molecule has 2 rings (SSSR count). The monoisotopic (exact) mass is 351 g/mol. The first-order chi connectivity index (χ1) is 9.39. The summed E-state index contributed by atoms with van der Waals surface area (Å²) in [7, 11) is 0. The Morgan fingerprint density at radius 3 is 2.30 bits per heavy atom. The molecule has 0 aromatic heterocycles. The third-order valence-corrected chi connectivity index (χ3v) is 4.00. The van der Waals surface area contributed by atoms with Crippen LogP contribution in [0.15, 0.2) is 22.7 Å². The number of halogens is 4. The summed E-state index contributed by atoms with van der Waals surface area (Å²) in [5.41, 5.74) is 7.61. The topological polar surface area (TPSA) is 32.5 Å². The zero-order chi connectivity index (χ0) is 14.8. The van der Waals surface area contributed by atoms with Gasteiger partial charge in [0.2, 0.25) is 0 Å². The van der Waals surface area contributed by atoms with Crippen LogP contribution in [0.5, 0.6) is 0 Å². The zero-order valence-electron chi connectivity index (χ0n) is 11.0. The maximum Gasteiger partial charge on any atom is 0.401 e. The van der Waals surface area contributed by atoms with Crippen molar-refractivity contribution in [2.45, 2.75) is 12.7 Å². The number of hydrogen-bond donors (Lipinski definition) is 1. The van der Waals surface area contributed by atoms with Crippen molar-refractivity contribution in [2.24, 2.45) is 5.73 Å². The van der Waals surface area contributed by atoms with Gasteiger partial charge in [-0.25, -0.2) is 0 Å². The standard InChI is InChI=1S/C13H17BrF3N3/c14-11-7-10(8-18)1-2-12(11)20-5-3-19(4-6-20)9-13(15,16)17/h1-2,7H,3-6,8-9,18H2. The average molecular weight is 352 g/mol. The molecule has 0 saturated carbocycles. The van der Waals surface area contributed by atoms with Crippen molar-refractivity contribution in [2.75, 3.05) is 37.6 Å². The molecule has 0 radical (unpaired) electrons. The Morgan fingerprint density at radius 2 is 1.80 bits per heavy atom. The Bertz CT molecular complexity index is 457. The second-order valence-electron chi connectivity index (χ2n) is 4.87. The average Bonchev–Trinajstić information content (AvgIpc) is 2.38. The predicted molar refractivity (Wildman–Crippen MR) is 76.7 cm³/mol. The van der Waals surface area contributed by atoms with E-state index in [4.69, 9.17) is 5.73 Å². The minimum Gasteiger partial charge on any atom is -0.368 e. The molecule has 0 bridgehead atoms. The van der Waals surface area contributed by atoms with Gasteiger partial charge in [0, 0.05) is 37.2 Å². The van der Waals surface area contributed by atoms with Gasteiger partial charge < -0.3 is 10.6 Å². The molecule has 1 aromatic rings. The molecule has 0 atom stereocenters. The van der Waals surface area contributed by atoms with Crippen LogP contribution in [0, 0.1) is 0 Å². The molecular formula is C13H17BrF3N3. The van der Waals surface area contributed by atoms with E-state index in [0.29, 0.717) is 32.7 Å². The number of anilines is 1. The highest BCUT2D eigenvalue weighted by molar-refractivity contribution is 9.10. The summed E-state index contributed by atoms with van der Waals surface area (Å²) in [6.45, 7) is 1.68. The van der Waals surface area contributed by atoms with E-state index < -0.39 is 12.7 Å². The normalized spacial score (nSPS) is 17.6. The second-order valence-corrected chi connectivity index (χ2v) is 5.72. The minimum atomic E-state index is -4.12. The minimum absolute atomic E-state index is 0.421. The van der Waals surface area contributed by atoms with Crippen LogP contribution in [-0.4, -0.2) is 43.8 Å². The lowest BCUT2D eigenvalue weighted by Gasteiger charge is -2.36. The number of nitrogens with zero attached hydrogens (tertiary/aromatic N) is 2. The first kappa shape index (κ1) is 15.6. The summed E-state index contributed by atoms with van der Waals surface area (Å²) in [6.07, 6.45) is -4.12. The summed E-state index contributed by atoms with van der Waals surface area (Å²) in [5.74, 6) is 0. The molecule has 2 N–H and O–H groups in total. The lowest BCUT2D eigenvalue weighted by Crippen LogP contribution is -2.49. The van der Waals surface area contributed by atoms with Crippen LogP contribution < -0.4 is 10.6 Å². The molecule has 7 heteroatoms. The highest BCUT2D eigenvalue weighted by Gasteiger charge is 2.32. The van der Waals surface area contributed by atoms with Crippen molar-refractivity contribution in [1.29, 1.82) is 0 Å². The number of alkyl halides is 3. The van der Waals surface area contributed by atoms with E-state index in [1.54, 1.807) is 0 Å². The van der Waals surface area contributed by atoms with Gasteiger partial charge in [0.25, 0.3) is 0 Å². The third kappa shape index (κ3) is 4.10. The lowest BCUT2D eigenvalue weighted by atomic mass is 10.2. The summed E-state index contributed by atoms with van der Waals surface area (Å²) in [5, 5.41) is 0. The van der Waals surface area contributed by atoms with Crippen molar-refractivity contribution in [3.05, 3.63) is 28.2 Å². The van der Waals surface area contributed by atoms with Gasteiger partial charge in [-0.3, -0.25) is 4.90 Å². The summed E-state index contributed by atoms with van der Waals surface area (Å²) >= 11 is 3.50. The van der Waals surface area contributed by atoms with Crippen LogP contribution in [0.3, 0.4) is 0 Å². The van der Waals surface area contributed by atoms with E-state index >= 15 is 0 Å². The van der Waals surface area contributed by atoms with E-state index in [1.165, 1.54) is 4.90 Å². The summed E-state index contributed by atoms with van der Waals surface area (Å²) in [4.78, 5) is 3.54. The highest BCUT2D eigenvalue weighted by atomic mass is 79.9. The fourth-order valence-corrected chi connectivity index (χ4v) is 3.01. The molecule has 112 valence electrons. The van der Waals surface area contributed by atoms with E-state index in [1.807, 2.05) is 18.2 Å². The Labute approximate surface area is 124 Å². The third-order valence-electron chi connectivity index (χ3n) is 3.36. The Kier molecular flexibility index (Phi) is 4.93. The predicted octanol–water partition coefficient (Wildman–Crippen LogP) is 2.59. The molecule has 0 amide bonds. The van der Waals surface area contributed by atoms with Crippen molar-refractivity contribution in [1.82, 2.24) is 4.90 Å². The van der Waals surface area contributed by atoms with Crippen molar-refractivity contribution >= 4 is 21.6 Å². The van der Waals surface area contributed by atoms with Crippen LogP contribution in [-0.2, 0) is 6.54 Å². The summed E-state index contributed by atoms with van der Waals surface area (Å²) < 4.78 is 37.9. The molecule has 1 fully saturated rings. The smallest absolute Gasteiger partial charge is 0.368 e. The Balaban J connectivity index is 1.97. The number of rotatable bonds is 3. The van der Waals surface area contributed by atoms with Gasteiger partial charge >= 0.3 is 6.18 Å². The molecule has 20 heavy (non-hydrogen) atoms.